The Hall–Kier alpha value is -0.370. The van der Waals surface area contributed by atoms with Gasteiger partial charge in [-0.25, -0.2) is 8.42 Å². The van der Waals surface area contributed by atoms with Crippen LogP contribution in [0.1, 0.15) is 19.8 Å². The van der Waals surface area contributed by atoms with Crippen LogP contribution in [-0.2, 0) is 10.0 Å². The first-order chi connectivity index (χ1) is 18.3. The van der Waals surface area contributed by atoms with E-state index in [4.69, 9.17) is 0 Å². The van der Waals surface area contributed by atoms with Crippen molar-refractivity contribution in [1.82, 2.24) is 38.6 Å². The summed E-state index contributed by atoms with van der Waals surface area (Å²) in [4.78, 5) is 16.4. The normalized spacial score (nSPS) is 24.3. The first kappa shape index (κ1) is 36.7. The number of likely N-dealkylation sites (N-methyl/N-ethyl adjacent to an activating group) is 5. The van der Waals surface area contributed by atoms with Crippen LogP contribution in [0, 0.1) is 5.92 Å². The number of hydrogen-bond donors (Lipinski definition) is 0. The third kappa shape index (κ3) is 18.6. The Bertz CT molecular complexity index is 654. The van der Waals surface area contributed by atoms with E-state index >= 15 is 0 Å². The van der Waals surface area contributed by atoms with E-state index in [1.165, 1.54) is 102 Å². The molecule has 4 fully saturated rings. The second-order valence-electron chi connectivity index (χ2n) is 12.5. The molecule has 0 aliphatic carbocycles. The van der Waals surface area contributed by atoms with Crippen molar-refractivity contribution < 1.29 is 8.42 Å². The summed E-state index contributed by atoms with van der Waals surface area (Å²) in [5, 5.41) is 0. The molecule has 39 heavy (non-hydrogen) atoms. The topological polar surface area (TPSA) is 60.1 Å². The van der Waals surface area contributed by atoms with Gasteiger partial charge in [-0.15, -0.1) is 0 Å². The predicted molar refractivity (Wildman–Crippen MR) is 167 cm³/mol. The van der Waals surface area contributed by atoms with Crippen molar-refractivity contribution in [2.45, 2.75) is 19.8 Å². The van der Waals surface area contributed by atoms with Gasteiger partial charge in [0.2, 0.25) is 10.0 Å². The van der Waals surface area contributed by atoms with E-state index in [1.54, 1.807) is 0 Å². The van der Waals surface area contributed by atoms with Crippen molar-refractivity contribution in [3.8, 4) is 0 Å². The van der Waals surface area contributed by atoms with Gasteiger partial charge in [0.25, 0.3) is 0 Å². The van der Waals surface area contributed by atoms with Crippen LogP contribution < -0.4 is 0 Å². The van der Waals surface area contributed by atoms with Gasteiger partial charge < -0.3 is 29.4 Å². The monoisotopic (exact) mass is 576 g/mol. The second-order valence-corrected chi connectivity index (χ2v) is 14.5. The third-order valence-electron chi connectivity index (χ3n) is 8.12. The summed E-state index contributed by atoms with van der Waals surface area (Å²) in [6.45, 7) is 20.2. The lowest BCUT2D eigenvalue weighted by atomic mass is 10.00. The SMILES string of the molecule is CC1CCN(C)CC1.CN(C)CCN1CCN(C)CC1.CN1CCN(C)CC1.CN1CCN(S(C)(=O)=O)CC1. The minimum Gasteiger partial charge on any atom is -0.308 e. The van der Waals surface area contributed by atoms with E-state index in [2.05, 4.69) is 83.5 Å². The van der Waals surface area contributed by atoms with Crippen LogP contribution in [0.25, 0.3) is 0 Å². The Labute approximate surface area is 242 Å². The summed E-state index contributed by atoms with van der Waals surface area (Å²) in [5.74, 6) is 0.978. The molecule has 0 aromatic carbocycles. The van der Waals surface area contributed by atoms with Crippen LogP contribution in [0.4, 0.5) is 0 Å². The van der Waals surface area contributed by atoms with E-state index in [1.807, 2.05) is 7.05 Å². The lowest BCUT2D eigenvalue weighted by molar-refractivity contribution is 0.145. The zero-order valence-corrected chi connectivity index (χ0v) is 27.9. The summed E-state index contributed by atoms with van der Waals surface area (Å²) < 4.78 is 23.5. The lowest BCUT2D eigenvalue weighted by Gasteiger charge is -2.32. The van der Waals surface area contributed by atoms with Gasteiger partial charge in [0.1, 0.15) is 0 Å². The molecule has 4 rings (SSSR count). The second kappa shape index (κ2) is 19.7. The number of hydrogen-bond acceptors (Lipinski definition) is 9. The molecule has 0 unspecified atom stereocenters. The predicted octanol–water partition coefficient (Wildman–Crippen LogP) is 0.201. The maximum absolute atomic E-state index is 11.0. The van der Waals surface area contributed by atoms with Crippen molar-refractivity contribution in [2.24, 2.45) is 5.92 Å². The molecule has 0 spiro atoms. The van der Waals surface area contributed by atoms with Gasteiger partial charge >= 0.3 is 0 Å². The van der Waals surface area contributed by atoms with Crippen LogP contribution in [-0.4, -0.2) is 207 Å². The first-order valence-corrected chi connectivity index (χ1v) is 16.9. The van der Waals surface area contributed by atoms with Crippen LogP contribution in [0.2, 0.25) is 0 Å². The molecule has 0 amide bonds. The van der Waals surface area contributed by atoms with Crippen LogP contribution >= 0.6 is 0 Å². The summed E-state index contributed by atoms with van der Waals surface area (Å²) in [5.41, 5.74) is 0. The summed E-state index contributed by atoms with van der Waals surface area (Å²) in [6.07, 6.45) is 4.06. The van der Waals surface area contributed by atoms with Crippen molar-refractivity contribution in [2.75, 3.05) is 160 Å². The van der Waals surface area contributed by atoms with Crippen molar-refractivity contribution >= 4 is 10.0 Å². The molecule has 234 valence electrons. The fourth-order valence-electron chi connectivity index (χ4n) is 4.58. The first-order valence-electron chi connectivity index (χ1n) is 15.0. The summed E-state index contributed by atoms with van der Waals surface area (Å²) in [6, 6.07) is 0. The number of rotatable bonds is 4. The van der Waals surface area contributed by atoms with E-state index < -0.39 is 10.0 Å². The molecule has 4 aliphatic rings. The lowest BCUT2D eigenvalue weighted by Crippen LogP contribution is -2.46. The molecule has 0 bridgehead atoms. The minimum absolute atomic E-state index is 0.634. The maximum atomic E-state index is 11.0. The smallest absolute Gasteiger partial charge is 0.211 e. The number of piperazine rings is 3. The highest BCUT2D eigenvalue weighted by atomic mass is 32.2. The Kier molecular flexibility index (Phi) is 18.5. The highest BCUT2D eigenvalue weighted by Gasteiger charge is 2.21. The summed E-state index contributed by atoms with van der Waals surface area (Å²) >= 11 is 0. The largest absolute Gasteiger partial charge is 0.308 e. The van der Waals surface area contributed by atoms with E-state index in [-0.39, 0.29) is 0 Å². The Morgan fingerprint density at radius 2 is 0.923 bits per heavy atom. The molecular formula is C28H64N8O2S. The van der Waals surface area contributed by atoms with Gasteiger partial charge in [-0.05, 0) is 81.2 Å². The van der Waals surface area contributed by atoms with E-state index in [0.29, 0.717) is 13.1 Å². The fraction of sp³-hybridized carbons (Fsp3) is 1.00. The van der Waals surface area contributed by atoms with Gasteiger partial charge in [-0.2, -0.15) is 4.31 Å². The van der Waals surface area contributed by atoms with Gasteiger partial charge in [-0.3, -0.25) is 4.90 Å². The Balaban J connectivity index is 0.000000264. The van der Waals surface area contributed by atoms with Crippen molar-refractivity contribution in [1.29, 1.82) is 0 Å². The Morgan fingerprint density at radius 3 is 1.26 bits per heavy atom. The third-order valence-corrected chi connectivity index (χ3v) is 9.43. The molecular weight excluding hydrogens is 512 g/mol. The molecule has 11 heteroatoms. The maximum Gasteiger partial charge on any atom is 0.211 e. The zero-order chi connectivity index (χ0) is 29.4. The van der Waals surface area contributed by atoms with Crippen LogP contribution in [0.5, 0.6) is 0 Å². The minimum atomic E-state index is -2.94. The average Bonchev–Trinajstić information content (AvgIpc) is 2.88. The Morgan fingerprint density at radius 1 is 0.590 bits per heavy atom. The van der Waals surface area contributed by atoms with Gasteiger partial charge in [0.05, 0.1) is 6.26 Å². The zero-order valence-electron chi connectivity index (χ0n) is 27.1. The van der Waals surface area contributed by atoms with Crippen LogP contribution in [0.15, 0.2) is 0 Å². The molecule has 0 saturated carbocycles. The quantitative estimate of drug-likeness (QED) is 0.467. The molecule has 4 heterocycles. The molecule has 0 radical (unpaired) electrons. The molecule has 0 N–H and O–H groups in total. The van der Waals surface area contributed by atoms with Gasteiger partial charge in [0, 0.05) is 91.6 Å². The van der Waals surface area contributed by atoms with E-state index in [0.717, 1.165) is 19.0 Å². The van der Waals surface area contributed by atoms with Gasteiger partial charge in [-0.1, -0.05) is 6.92 Å². The number of nitrogens with zero attached hydrogens (tertiary/aromatic N) is 8. The van der Waals surface area contributed by atoms with Crippen molar-refractivity contribution in [3.05, 3.63) is 0 Å². The number of sulfonamides is 1. The van der Waals surface area contributed by atoms with Crippen LogP contribution in [0.3, 0.4) is 0 Å². The number of likely N-dealkylation sites (tertiary alicyclic amines) is 1. The average molecular weight is 577 g/mol. The fourth-order valence-corrected chi connectivity index (χ4v) is 5.40. The summed E-state index contributed by atoms with van der Waals surface area (Å²) in [7, 11) is 12.1. The van der Waals surface area contributed by atoms with Crippen molar-refractivity contribution in [3.63, 3.8) is 0 Å². The number of piperidine rings is 1. The van der Waals surface area contributed by atoms with E-state index in [9.17, 15) is 8.42 Å². The molecule has 0 aromatic rings. The molecule has 4 aliphatic heterocycles. The molecule has 4 saturated heterocycles. The highest BCUT2D eigenvalue weighted by Crippen LogP contribution is 2.13. The molecule has 10 nitrogen and oxygen atoms in total. The standard InChI is InChI=1S/C9H21N3.C7H15N.C6H14N2O2S.C6H14N2/c1-10(2)4-7-12-8-5-11(3)6-9-12;1-7-3-5-8(2)6-4-7;1-7-3-5-8(6-4-7)11(2,9)10;1-7-3-5-8(2)6-4-7/h4-9H2,1-3H3;7H,3-6H2,1-2H3;3-6H2,1-2H3;3-6H2,1-2H3. The highest BCUT2D eigenvalue weighted by molar-refractivity contribution is 7.88. The molecule has 0 aromatic heterocycles. The molecule has 0 atom stereocenters. The van der Waals surface area contributed by atoms with Gasteiger partial charge in [0.15, 0.2) is 0 Å².